The Morgan fingerprint density at radius 1 is 1.47 bits per heavy atom. The summed E-state index contributed by atoms with van der Waals surface area (Å²) in [6, 6.07) is 5.54. The van der Waals surface area contributed by atoms with Crippen LogP contribution < -0.4 is 5.73 Å². The molecule has 0 fully saturated rings. The average molecular weight is 222 g/mol. The number of nitrogen functional groups attached to an aromatic ring is 1. The predicted molar refractivity (Wildman–Crippen MR) is 64.1 cm³/mol. The summed E-state index contributed by atoms with van der Waals surface area (Å²) in [6.45, 7) is 2.17. The van der Waals surface area contributed by atoms with Crippen molar-refractivity contribution in [1.82, 2.24) is 4.98 Å². The molecule has 0 bridgehead atoms. The predicted octanol–water partition coefficient (Wildman–Crippen LogP) is 3.30. The SMILES string of the molecule is CCCCSc1nc2ccc(N)cc2o1. The van der Waals surface area contributed by atoms with E-state index in [9.17, 15) is 0 Å². The molecule has 0 aliphatic rings. The highest BCUT2D eigenvalue weighted by Gasteiger charge is 2.05. The van der Waals surface area contributed by atoms with Crippen LogP contribution in [-0.4, -0.2) is 10.7 Å². The maximum Gasteiger partial charge on any atom is 0.256 e. The number of thioether (sulfide) groups is 1. The lowest BCUT2D eigenvalue weighted by atomic mass is 10.3. The van der Waals surface area contributed by atoms with Crippen LogP contribution in [0, 0.1) is 0 Å². The number of hydrogen-bond acceptors (Lipinski definition) is 4. The molecule has 2 aromatic rings. The van der Waals surface area contributed by atoms with Gasteiger partial charge in [0.2, 0.25) is 0 Å². The van der Waals surface area contributed by atoms with Crippen molar-refractivity contribution in [2.45, 2.75) is 25.0 Å². The van der Waals surface area contributed by atoms with Crippen molar-refractivity contribution in [1.29, 1.82) is 0 Å². The summed E-state index contributed by atoms with van der Waals surface area (Å²) in [7, 11) is 0. The molecule has 0 aliphatic carbocycles. The van der Waals surface area contributed by atoms with Crippen LogP contribution in [0.25, 0.3) is 11.1 Å². The Kier molecular flexibility index (Phi) is 3.16. The minimum atomic E-state index is 0.712. The van der Waals surface area contributed by atoms with Gasteiger partial charge in [-0.3, -0.25) is 0 Å². The minimum Gasteiger partial charge on any atom is -0.431 e. The van der Waals surface area contributed by atoms with Crippen LogP contribution in [0.3, 0.4) is 0 Å². The third-order valence-corrected chi connectivity index (χ3v) is 3.03. The first-order valence-electron chi connectivity index (χ1n) is 5.08. The lowest BCUT2D eigenvalue weighted by molar-refractivity contribution is 0.489. The van der Waals surface area contributed by atoms with Gasteiger partial charge in [-0.25, -0.2) is 4.98 Å². The van der Waals surface area contributed by atoms with Crippen LogP contribution in [0.1, 0.15) is 19.8 Å². The van der Waals surface area contributed by atoms with E-state index in [2.05, 4.69) is 11.9 Å². The molecule has 0 unspecified atom stereocenters. The van der Waals surface area contributed by atoms with Crippen LogP contribution in [0.2, 0.25) is 0 Å². The van der Waals surface area contributed by atoms with Gasteiger partial charge in [-0.15, -0.1) is 0 Å². The average Bonchev–Trinajstić information content (AvgIpc) is 2.60. The molecule has 0 spiro atoms. The van der Waals surface area contributed by atoms with Crippen LogP contribution in [-0.2, 0) is 0 Å². The van der Waals surface area contributed by atoms with Crippen molar-refractivity contribution in [2.75, 3.05) is 11.5 Å². The fourth-order valence-electron chi connectivity index (χ4n) is 1.29. The minimum absolute atomic E-state index is 0.712. The van der Waals surface area contributed by atoms with Crippen LogP contribution in [0.5, 0.6) is 0 Å². The van der Waals surface area contributed by atoms with Crippen LogP contribution in [0.15, 0.2) is 27.8 Å². The number of rotatable bonds is 4. The molecule has 2 N–H and O–H groups in total. The van der Waals surface area contributed by atoms with Crippen molar-refractivity contribution in [3.8, 4) is 0 Å². The Labute approximate surface area is 93.0 Å². The van der Waals surface area contributed by atoms with Gasteiger partial charge < -0.3 is 10.2 Å². The molecule has 0 saturated carbocycles. The number of nitrogens with zero attached hydrogens (tertiary/aromatic N) is 1. The van der Waals surface area contributed by atoms with E-state index in [0.717, 1.165) is 22.1 Å². The molecule has 1 aromatic heterocycles. The molecule has 1 aromatic carbocycles. The highest BCUT2D eigenvalue weighted by atomic mass is 32.2. The number of benzene rings is 1. The lowest BCUT2D eigenvalue weighted by Gasteiger charge is -1.92. The van der Waals surface area contributed by atoms with Gasteiger partial charge in [0.15, 0.2) is 5.58 Å². The molecule has 0 aliphatic heterocycles. The zero-order chi connectivity index (χ0) is 10.7. The molecule has 15 heavy (non-hydrogen) atoms. The van der Waals surface area contributed by atoms with Gasteiger partial charge in [0.25, 0.3) is 5.22 Å². The van der Waals surface area contributed by atoms with E-state index in [4.69, 9.17) is 10.2 Å². The fraction of sp³-hybridized carbons (Fsp3) is 0.364. The molecule has 3 nitrogen and oxygen atoms in total. The molecule has 0 radical (unpaired) electrons. The zero-order valence-electron chi connectivity index (χ0n) is 8.69. The number of fused-ring (bicyclic) bond motifs is 1. The number of anilines is 1. The van der Waals surface area contributed by atoms with Gasteiger partial charge in [0, 0.05) is 17.5 Å². The molecule has 0 saturated heterocycles. The standard InChI is InChI=1S/C11H14N2OS/c1-2-3-6-15-11-13-9-5-4-8(12)7-10(9)14-11/h4-5,7H,2-3,6,12H2,1H3. The van der Waals surface area contributed by atoms with Crippen molar-refractivity contribution in [3.05, 3.63) is 18.2 Å². The monoisotopic (exact) mass is 222 g/mol. The number of unbranched alkanes of at least 4 members (excludes halogenated alkanes) is 1. The number of nitrogens with two attached hydrogens (primary N) is 1. The molecule has 4 heteroatoms. The molecule has 1 heterocycles. The quantitative estimate of drug-likeness (QED) is 0.490. The van der Waals surface area contributed by atoms with Gasteiger partial charge in [-0.2, -0.15) is 0 Å². The molecule has 0 atom stereocenters. The van der Waals surface area contributed by atoms with E-state index in [1.165, 1.54) is 12.8 Å². The lowest BCUT2D eigenvalue weighted by Crippen LogP contribution is -1.81. The van der Waals surface area contributed by atoms with Crippen molar-refractivity contribution in [3.63, 3.8) is 0 Å². The van der Waals surface area contributed by atoms with E-state index in [-0.39, 0.29) is 0 Å². The van der Waals surface area contributed by atoms with Gasteiger partial charge >= 0.3 is 0 Å². The first kappa shape index (κ1) is 10.4. The van der Waals surface area contributed by atoms with Crippen molar-refractivity contribution >= 4 is 28.5 Å². The second kappa shape index (κ2) is 4.57. The maximum atomic E-state index is 5.66. The van der Waals surface area contributed by atoms with Gasteiger partial charge in [0.1, 0.15) is 5.52 Å². The Morgan fingerprint density at radius 2 is 2.33 bits per heavy atom. The summed E-state index contributed by atoms with van der Waals surface area (Å²) in [5, 5.41) is 0.740. The van der Waals surface area contributed by atoms with E-state index in [1.54, 1.807) is 11.8 Å². The fourth-order valence-corrected chi connectivity index (χ4v) is 2.20. The van der Waals surface area contributed by atoms with Crippen LogP contribution >= 0.6 is 11.8 Å². The molecule has 0 amide bonds. The summed E-state index contributed by atoms with van der Waals surface area (Å²) < 4.78 is 5.57. The first-order valence-corrected chi connectivity index (χ1v) is 6.07. The topological polar surface area (TPSA) is 52.0 Å². The van der Waals surface area contributed by atoms with E-state index < -0.39 is 0 Å². The third-order valence-electron chi connectivity index (χ3n) is 2.12. The second-order valence-electron chi connectivity index (χ2n) is 3.41. The maximum absolute atomic E-state index is 5.66. The summed E-state index contributed by atoms with van der Waals surface area (Å²) in [4.78, 5) is 4.37. The molecular formula is C11H14N2OS. The van der Waals surface area contributed by atoms with E-state index in [0.29, 0.717) is 5.69 Å². The summed E-state index contributed by atoms with van der Waals surface area (Å²) in [5.41, 5.74) is 8.02. The highest BCUT2D eigenvalue weighted by molar-refractivity contribution is 7.99. The van der Waals surface area contributed by atoms with Gasteiger partial charge in [-0.1, -0.05) is 25.1 Å². The molecule has 80 valence electrons. The van der Waals surface area contributed by atoms with E-state index >= 15 is 0 Å². The molecule has 2 rings (SSSR count). The number of aromatic nitrogens is 1. The Morgan fingerprint density at radius 3 is 3.13 bits per heavy atom. The van der Waals surface area contributed by atoms with Crippen LogP contribution in [0.4, 0.5) is 5.69 Å². The number of hydrogen-bond donors (Lipinski definition) is 1. The van der Waals surface area contributed by atoms with E-state index in [1.807, 2.05) is 18.2 Å². The first-order chi connectivity index (χ1) is 7.29. The third kappa shape index (κ3) is 2.45. The highest BCUT2D eigenvalue weighted by Crippen LogP contribution is 2.25. The molecular weight excluding hydrogens is 208 g/mol. The summed E-state index contributed by atoms with van der Waals surface area (Å²) in [6.07, 6.45) is 2.38. The Bertz CT molecular complexity index is 453. The Hall–Kier alpha value is -1.16. The smallest absolute Gasteiger partial charge is 0.256 e. The summed E-state index contributed by atoms with van der Waals surface area (Å²) in [5.74, 6) is 1.05. The largest absolute Gasteiger partial charge is 0.431 e. The van der Waals surface area contributed by atoms with Crippen molar-refractivity contribution in [2.24, 2.45) is 0 Å². The van der Waals surface area contributed by atoms with Gasteiger partial charge in [-0.05, 0) is 18.6 Å². The summed E-state index contributed by atoms with van der Waals surface area (Å²) >= 11 is 1.66. The zero-order valence-corrected chi connectivity index (χ0v) is 9.51. The van der Waals surface area contributed by atoms with Gasteiger partial charge in [0.05, 0.1) is 0 Å². The van der Waals surface area contributed by atoms with Crippen molar-refractivity contribution < 1.29 is 4.42 Å². The normalized spacial score (nSPS) is 11.0. The number of oxazole rings is 1. The second-order valence-corrected chi connectivity index (χ2v) is 4.46. The Balaban J connectivity index is 2.16.